The van der Waals surface area contributed by atoms with Gasteiger partial charge in [0.2, 0.25) is 0 Å². The van der Waals surface area contributed by atoms with Crippen molar-refractivity contribution in [3.63, 3.8) is 0 Å². The van der Waals surface area contributed by atoms with E-state index in [1.54, 1.807) is 6.33 Å². The standard InChI is InChI=1S/C13H12N2/c1-2-4-13-10(3-1)5-6-11(13)7-12-8-14-9-15-12/h1-4,7-9H,5-6H2,(H,14,15)/b11-7-. The smallest absolute Gasteiger partial charge is 0.0924 e. The Hall–Kier alpha value is -1.83. The number of fused-ring (bicyclic) bond motifs is 1. The van der Waals surface area contributed by atoms with Crippen LogP contribution in [0.15, 0.2) is 36.8 Å². The van der Waals surface area contributed by atoms with Gasteiger partial charge in [-0.3, -0.25) is 0 Å². The summed E-state index contributed by atoms with van der Waals surface area (Å²) in [6.45, 7) is 0. The molecule has 0 bridgehead atoms. The molecule has 3 rings (SSSR count). The molecule has 1 aliphatic carbocycles. The maximum atomic E-state index is 4.02. The second-order valence-corrected chi connectivity index (χ2v) is 3.83. The van der Waals surface area contributed by atoms with Crippen LogP contribution in [-0.2, 0) is 6.42 Å². The highest BCUT2D eigenvalue weighted by Crippen LogP contribution is 2.32. The third kappa shape index (κ3) is 1.48. The van der Waals surface area contributed by atoms with Crippen LogP contribution < -0.4 is 0 Å². The minimum absolute atomic E-state index is 1.08. The Bertz CT molecular complexity index is 495. The number of nitrogens with zero attached hydrogens (tertiary/aromatic N) is 1. The lowest BCUT2D eigenvalue weighted by Crippen LogP contribution is -1.79. The maximum absolute atomic E-state index is 4.02. The molecular formula is C13H12N2. The zero-order chi connectivity index (χ0) is 10.1. The van der Waals surface area contributed by atoms with E-state index in [-0.39, 0.29) is 0 Å². The van der Waals surface area contributed by atoms with E-state index in [0.29, 0.717) is 0 Å². The Morgan fingerprint density at radius 1 is 1.20 bits per heavy atom. The number of H-pyrrole nitrogens is 1. The van der Waals surface area contributed by atoms with Crippen molar-refractivity contribution in [3.8, 4) is 0 Å². The second kappa shape index (κ2) is 3.39. The van der Waals surface area contributed by atoms with E-state index in [0.717, 1.165) is 18.5 Å². The van der Waals surface area contributed by atoms with Gasteiger partial charge in [0, 0.05) is 0 Å². The monoisotopic (exact) mass is 196 g/mol. The lowest BCUT2D eigenvalue weighted by molar-refractivity contribution is 1.08. The largest absolute Gasteiger partial charge is 0.345 e. The van der Waals surface area contributed by atoms with E-state index in [9.17, 15) is 0 Å². The zero-order valence-electron chi connectivity index (χ0n) is 8.40. The van der Waals surface area contributed by atoms with Crippen molar-refractivity contribution in [2.75, 3.05) is 0 Å². The molecule has 0 saturated heterocycles. The van der Waals surface area contributed by atoms with Gasteiger partial charge in [-0.05, 0) is 35.6 Å². The van der Waals surface area contributed by atoms with Crippen LogP contribution in [0.2, 0.25) is 0 Å². The fourth-order valence-electron chi connectivity index (χ4n) is 2.14. The fourth-order valence-corrected chi connectivity index (χ4v) is 2.14. The molecule has 0 radical (unpaired) electrons. The Balaban J connectivity index is 2.04. The first kappa shape index (κ1) is 8.48. The van der Waals surface area contributed by atoms with Crippen molar-refractivity contribution < 1.29 is 0 Å². The fraction of sp³-hybridized carbons (Fsp3) is 0.154. The van der Waals surface area contributed by atoms with E-state index in [1.807, 2.05) is 6.20 Å². The van der Waals surface area contributed by atoms with Crippen LogP contribution in [0.1, 0.15) is 23.2 Å². The van der Waals surface area contributed by atoms with Gasteiger partial charge in [0.1, 0.15) is 0 Å². The lowest BCUT2D eigenvalue weighted by Gasteiger charge is -1.99. The third-order valence-electron chi connectivity index (χ3n) is 2.88. The molecule has 2 aromatic rings. The summed E-state index contributed by atoms with van der Waals surface area (Å²) in [4.78, 5) is 7.13. The topological polar surface area (TPSA) is 28.7 Å². The summed E-state index contributed by atoms with van der Waals surface area (Å²) < 4.78 is 0. The van der Waals surface area contributed by atoms with Gasteiger partial charge in [-0.2, -0.15) is 0 Å². The maximum Gasteiger partial charge on any atom is 0.0924 e. The molecule has 0 saturated carbocycles. The normalized spacial score (nSPS) is 16.9. The van der Waals surface area contributed by atoms with Crippen molar-refractivity contribution in [1.82, 2.24) is 9.97 Å². The quantitative estimate of drug-likeness (QED) is 0.746. The predicted octanol–water partition coefficient (Wildman–Crippen LogP) is 2.90. The summed E-state index contributed by atoms with van der Waals surface area (Å²) in [6.07, 6.45) is 8.06. The highest BCUT2D eigenvalue weighted by molar-refractivity contribution is 5.84. The van der Waals surface area contributed by atoms with Gasteiger partial charge in [-0.1, -0.05) is 24.3 Å². The summed E-state index contributed by atoms with van der Waals surface area (Å²) in [6, 6.07) is 8.62. The number of aromatic amines is 1. The number of aryl methyl sites for hydroxylation is 1. The van der Waals surface area contributed by atoms with Gasteiger partial charge in [0.05, 0.1) is 18.2 Å². The van der Waals surface area contributed by atoms with Crippen molar-refractivity contribution in [3.05, 3.63) is 53.6 Å². The van der Waals surface area contributed by atoms with Gasteiger partial charge < -0.3 is 4.98 Å². The molecule has 2 nitrogen and oxygen atoms in total. The molecule has 0 amide bonds. The van der Waals surface area contributed by atoms with Gasteiger partial charge in [-0.15, -0.1) is 0 Å². The minimum atomic E-state index is 1.08. The molecule has 1 aromatic carbocycles. The predicted molar refractivity (Wildman–Crippen MR) is 61.2 cm³/mol. The number of hydrogen-bond acceptors (Lipinski definition) is 1. The molecule has 15 heavy (non-hydrogen) atoms. The lowest BCUT2D eigenvalue weighted by atomic mass is 10.1. The molecule has 1 aromatic heterocycles. The van der Waals surface area contributed by atoms with Gasteiger partial charge in [0.15, 0.2) is 0 Å². The number of benzene rings is 1. The van der Waals surface area contributed by atoms with Crippen molar-refractivity contribution >= 4 is 11.6 Å². The molecule has 0 aliphatic heterocycles. The van der Waals surface area contributed by atoms with Crippen LogP contribution >= 0.6 is 0 Å². The molecule has 0 spiro atoms. The summed E-state index contributed by atoms with van der Waals surface area (Å²) in [5.74, 6) is 0. The average Bonchev–Trinajstić information content (AvgIpc) is 2.89. The first-order valence-corrected chi connectivity index (χ1v) is 5.21. The summed E-state index contributed by atoms with van der Waals surface area (Å²) in [5, 5.41) is 0. The molecule has 2 heteroatoms. The van der Waals surface area contributed by atoms with Gasteiger partial charge >= 0.3 is 0 Å². The van der Waals surface area contributed by atoms with Crippen molar-refractivity contribution in [2.45, 2.75) is 12.8 Å². The number of hydrogen-bond donors (Lipinski definition) is 1. The van der Waals surface area contributed by atoms with E-state index in [1.165, 1.54) is 16.7 Å². The molecule has 74 valence electrons. The molecule has 0 unspecified atom stereocenters. The molecule has 0 atom stereocenters. The molecule has 1 aliphatic rings. The summed E-state index contributed by atoms with van der Waals surface area (Å²) in [7, 11) is 0. The molecule has 1 N–H and O–H groups in total. The second-order valence-electron chi connectivity index (χ2n) is 3.83. The van der Waals surface area contributed by atoms with Crippen LogP contribution in [0, 0.1) is 0 Å². The highest BCUT2D eigenvalue weighted by Gasteiger charge is 2.14. The van der Waals surface area contributed by atoms with Crippen LogP contribution in [0.4, 0.5) is 0 Å². The van der Waals surface area contributed by atoms with E-state index < -0.39 is 0 Å². The van der Waals surface area contributed by atoms with E-state index in [2.05, 4.69) is 40.3 Å². The summed E-state index contributed by atoms with van der Waals surface area (Å²) in [5.41, 5.74) is 5.35. The first-order valence-electron chi connectivity index (χ1n) is 5.21. The Morgan fingerprint density at radius 2 is 2.13 bits per heavy atom. The number of nitrogens with one attached hydrogen (secondary N) is 1. The number of allylic oxidation sites excluding steroid dienone is 1. The first-order chi connectivity index (χ1) is 7.43. The Labute approximate surface area is 88.7 Å². The zero-order valence-corrected chi connectivity index (χ0v) is 8.40. The molecular weight excluding hydrogens is 184 g/mol. The Kier molecular flexibility index (Phi) is 1.91. The number of aromatic nitrogens is 2. The van der Waals surface area contributed by atoms with E-state index in [4.69, 9.17) is 0 Å². The SMILES string of the molecule is C(=C1\CCc2ccccc21)/c1cnc[nH]1. The number of rotatable bonds is 1. The van der Waals surface area contributed by atoms with Gasteiger partial charge in [-0.25, -0.2) is 4.98 Å². The van der Waals surface area contributed by atoms with Crippen molar-refractivity contribution in [2.24, 2.45) is 0 Å². The van der Waals surface area contributed by atoms with Crippen molar-refractivity contribution in [1.29, 1.82) is 0 Å². The van der Waals surface area contributed by atoms with E-state index >= 15 is 0 Å². The van der Waals surface area contributed by atoms with Crippen LogP contribution in [0.25, 0.3) is 11.6 Å². The Morgan fingerprint density at radius 3 is 3.00 bits per heavy atom. The highest BCUT2D eigenvalue weighted by atomic mass is 14.8. The number of imidazole rings is 1. The minimum Gasteiger partial charge on any atom is -0.345 e. The molecule has 1 heterocycles. The van der Waals surface area contributed by atoms with Crippen LogP contribution in [0.5, 0.6) is 0 Å². The average molecular weight is 196 g/mol. The van der Waals surface area contributed by atoms with Crippen LogP contribution in [-0.4, -0.2) is 9.97 Å². The molecule has 0 fully saturated rings. The third-order valence-corrected chi connectivity index (χ3v) is 2.88. The van der Waals surface area contributed by atoms with Gasteiger partial charge in [0.25, 0.3) is 0 Å². The summed E-state index contributed by atoms with van der Waals surface area (Å²) >= 11 is 0. The van der Waals surface area contributed by atoms with Crippen LogP contribution in [0.3, 0.4) is 0 Å².